The predicted molar refractivity (Wildman–Crippen MR) is 64.8 cm³/mol. The number of rotatable bonds is 2. The molecular formula is C13H16BrF. The zero-order chi connectivity index (χ0) is 10.7. The third-order valence-electron chi connectivity index (χ3n) is 3.20. The predicted octanol–water partition coefficient (Wildman–Crippen LogP) is 4.32. The molecule has 0 spiro atoms. The fourth-order valence-electron chi connectivity index (χ4n) is 2.36. The molecule has 0 radical (unpaired) electrons. The maximum atomic E-state index is 13.0. The average Bonchev–Trinajstić information content (AvgIpc) is 2.22. The molecule has 0 saturated heterocycles. The molecule has 82 valence electrons. The van der Waals surface area contributed by atoms with E-state index in [1.165, 1.54) is 31.7 Å². The summed E-state index contributed by atoms with van der Waals surface area (Å²) in [7, 11) is 0. The van der Waals surface area contributed by atoms with Crippen LogP contribution in [0.2, 0.25) is 0 Å². The van der Waals surface area contributed by atoms with Crippen molar-refractivity contribution in [3.8, 4) is 0 Å². The second-order valence-corrected chi connectivity index (χ2v) is 5.57. The molecule has 15 heavy (non-hydrogen) atoms. The highest BCUT2D eigenvalue weighted by Crippen LogP contribution is 2.32. The van der Waals surface area contributed by atoms with Crippen LogP contribution in [0.4, 0.5) is 4.39 Å². The van der Waals surface area contributed by atoms with Gasteiger partial charge in [0.25, 0.3) is 0 Å². The van der Waals surface area contributed by atoms with E-state index in [-0.39, 0.29) is 5.82 Å². The lowest BCUT2D eigenvalue weighted by molar-refractivity contribution is 0.373. The Labute approximate surface area is 99.0 Å². The van der Waals surface area contributed by atoms with Gasteiger partial charge in [0.2, 0.25) is 0 Å². The van der Waals surface area contributed by atoms with Gasteiger partial charge >= 0.3 is 0 Å². The van der Waals surface area contributed by atoms with E-state index in [0.717, 1.165) is 12.0 Å². The molecule has 1 fully saturated rings. The van der Waals surface area contributed by atoms with Crippen LogP contribution in [-0.2, 0) is 6.42 Å². The van der Waals surface area contributed by atoms with E-state index in [1.54, 1.807) is 12.1 Å². The SMILES string of the molecule is Fc1cccc(CC2CCCCC2Br)c1. The summed E-state index contributed by atoms with van der Waals surface area (Å²) < 4.78 is 13.0. The molecular weight excluding hydrogens is 255 g/mol. The Morgan fingerprint density at radius 3 is 2.80 bits per heavy atom. The van der Waals surface area contributed by atoms with Crippen LogP contribution in [-0.4, -0.2) is 4.83 Å². The fourth-order valence-corrected chi connectivity index (χ4v) is 3.13. The van der Waals surface area contributed by atoms with E-state index in [9.17, 15) is 4.39 Å². The second-order valence-electron chi connectivity index (χ2n) is 4.39. The van der Waals surface area contributed by atoms with Gasteiger partial charge in [-0.3, -0.25) is 0 Å². The molecule has 2 atom stereocenters. The molecule has 2 heteroatoms. The summed E-state index contributed by atoms with van der Waals surface area (Å²) in [6, 6.07) is 7.00. The maximum absolute atomic E-state index is 13.0. The van der Waals surface area contributed by atoms with Crippen LogP contribution in [0, 0.1) is 11.7 Å². The van der Waals surface area contributed by atoms with Gasteiger partial charge in [0.05, 0.1) is 0 Å². The van der Waals surface area contributed by atoms with Crippen LogP contribution in [0.3, 0.4) is 0 Å². The Morgan fingerprint density at radius 1 is 1.27 bits per heavy atom. The van der Waals surface area contributed by atoms with Gasteiger partial charge in [-0.05, 0) is 42.9 Å². The van der Waals surface area contributed by atoms with Crippen LogP contribution in [0.25, 0.3) is 0 Å². The molecule has 1 aromatic carbocycles. The van der Waals surface area contributed by atoms with E-state index in [0.29, 0.717) is 10.7 Å². The van der Waals surface area contributed by atoms with Gasteiger partial charge in [0, 0.05) is 4.83 Å². The quantitative estimate of drug-likeness (QED) is 0.703. The van der Waals surface area contributed by atoms with Crippen molar-refractivity contribution in [3.05, 3.63) is 35.6 Å². The van der Waals surface area contributed by atoms with Crippen molar-refractivity contribution < 1.29 is 4.39 Å². The highest BCUT2D eigenvalue weighted by atomic mass is 79.9. The zero-order valence-electron chi connectivity index (χ0n) is 8.76. The minimum absolute atomic E-state index is 0.116. The number of hydrogen-bond donors (Lipinski definition) is 0. The zero-order valence-corrected chi connectivity index (χ0v) is 10.3. The Hall–Kier alpha value is -0.370. The minimum Gasteiger partial charge on any atom is -0.207 e. The van der Waals surface area contributed by atoms with Crippen molar-refractivity contribution in [2.75, 3.05) is 0 Å². The highest BCUT2D eigenvalue weighted by Gasteiger charge is 2.22. The lowest BCUT2D eigenvalue weighted by Gasteiger charge is -2.27. The topological polar surface area (TPSA) is 0 Å². The highest BCUT2D eigenvalue weighted by molar-refractivity contribution is 9.09. The summed E-state index contributed by atoms with van der Waals surface area (Å²) in [4.78, 5) is 0.620. The lowest BCUT2D eigenvalue weighted by Crippen LogP contribution is -2.21. The summed E-state index contributed by atoms with van der Waals surface area (Å²) in [5, 5.41) is 0. The summed E-state index contributed by atoms with van der Waals surface area (Å²) in [5.41, 5.74) is 1.13. The van der Waals surface area contributed by atoms with E-state index in [2.05, 4.69) is 15.9 Å². The third kappa shape index (κ3) is 3.04. The van der Waals surface area contributed by atoms with Crippen molar-refractivity contribution in [3.63, 3.8) is 0 Å². The Balaban J connectivity index is 2.01. The first kappa shape index (κ1) is 11.1. The first-order valence-electron chi connectivity index (χ1n) is 5.64. The van der Waals surface area contributed by atoms with E-state index in [1.807, 2.05) is 6.07 Å². The standard InChI is InChI=1S/C13H16BrF/c14-13-7-2-1-5-11(13)8-10-4-3-6-12(15)9-10/h3-4,6,9,11,13H,1-2,5,7-8H2. The molecule has 0 bridgehead atoms. The van der Waals surface area contributed by atoms with E-state index in [4.69, 9.17) is 0 Å². The van der Waals surface area contributed by atoms with Gasteiger partial charge in [0.15, 0.2) is 0 Å². The van der Waals surface area contributed by atoms with Crippen molar-refractivity contribution >= 4 is 15.9 Å². The smallest absolute Gasteiger partial charge is 0.123 e. The maximum Gasteiger partial charge on any atom is 0.123 e. The Kier molecular flexibility index (Phi) is 3.79. The van der Waals surface area contributed by atoms with Gasteiger partial charge in [-0.25, -0.2) is 4.39 Å². The van der Waals surface area contributed by atoms with Crippen molar-refractivity contribution in [1.82, 2.24) is 0 Å². The van der Waals surface area contributed by atoms with Crippen molar-refractivity contribution in [2.24, 2.45) is 5.92 Å². The van der Waals surface area contributed by atoms with Crippen LogP contribution in [0.5, 0.6) is 0 Å². The van der Waals surface area contributed by atoms with Gasteiger partial charge in [-0.2, -0.15) is 0 Å². The van der Waals surface area contributed by atoms with Crippen LogP contribution < -0.4 is 0 Å². The second kappa shape index (κ2) is 5.11. The number of benzene rings is 1. The summed E-state index contributed by atoms with van der Waals surface area (Å²) in [6.45, 7) is 0. The Morgan fingerprint density at radius 2 is 2.07 bits per heavy atom. The minimum atomic E-state index is -0.116. The van der Waals surface area contributed by atoms with Gasteiger partial charge in [-0.15, -0.1) is 0 Å². The normalized spacial score (nSPS) is 26.5. The summed E-state index contributed by atoms with van der Waals surface area (Å²) in [6.07, 6.45) is 6.19. The van der Waals surface area contributed by atoms with Gasteiger partial charge in [-0.1, -0.05) is 40.9 Å². The van der Waals surface area contributed by atoms with Crippen molar-refractivity contribution in [2.45, 2.75) is 36.9 Å². The first-order chi connectivity index (χ1) is 7.25. The number of alkyl halides is 1. The molecule has 1 aromatic rings. The molecule has 0 heterocycles. The molecule has 0 amide bonds. The monoisotopic (exact) mass is 270 g/mol. The molecule has 0 aliphatic heterocycles. The Bertz CT molecular complexity index is 324. The van der Waals surface area contributed by atoms with Crippen LogP contribution in [0.15, 0.2) is 24.3 Å². The number of halogens is 2. The molecule has 0 nitrogen and oxygen atoms in total. The largest absolute Gasteiger partial charge is 0.207 e. The molecule has 1 aliphatic rings. The molecule has 1 aliphatic carbocycles. The third-order valence-corrected chi connectivity index (χ3v) is 4.41. The van der Waals surface area contributed by atoms with Gasteiger partial charge < -0.3 is 0 Å². The first-order valence-corrected chi connectivity index (χ1v) is 6.56. The van der Waals surface area contributed by atoms with Crippen LogP contribution in [0.1, 0.15) is 31.2 Å². The van der Waals surface area contributed by atoms with Crippen LogP contribution >= 0.6 is 15.9 Å². The summed E-state index contributed by atoms with van der Waals surface area (Å²) >= 11 is 3.74. The van der Waals surface area contributed by atoms with E-state index >= 15 is 0 Å². The molecule has 0 N–H and O–H groups in total. The number of hydrogen-bond acceptors (Lipinski definition) is 0. The van der Waals surface area contributed by atoms with Gasteiger partial charge in [0.1, 0.15) is 5.82 Å². The lowest BCUT2D eigenvalue weighted by atomic mass is 9.85. The average molecular weight is 271 g/mol. The molecule has 2 rings (SSSR count). The summed E-state index contributed by atoms with van der Waals surface area (Å²) in [5.74, 6) is 0.565. The van der Waals surface area contributed by atoms with E-state index < -0.39 is 0 Å². The fraction of sp³-hybridized carbons (Fsp3) is 0.538. The molecule has 2 unspecified atom stereocenters. The van der Waals surface area contributed by atoms with Crippen molar-refractivity contribution in [1.29, 1.82) is 0 Å². The molecule has 0 aromatic heterocycles. The molecule has 1 saturated carbocycles.